The van der Waals surface area contributed by atoms with Crippen LogP contribution in [0.1, 0.15) is 11.3 Å². The summed E-state index contributed by atoms with van der Waals surface area (Å²) in [6, 6.07) is 14.8. The van der Waals surface area contributed by atoms with Crippen molar-refractivity contribution in [1.29, 1.82) is 5.26 Å². The number of carbonyl (C=O) groups is 2. The molecule has 1 amide bonds. The molecule has 0 N–H and O–H groups in total. The van der Waals surface area contributed by atoms with Crippen LogP contribution in [-0.2, 0) is 14.3 Å². The van der Waals surface area contributed by atoms with Gasteiger partial charge in [-0.3, -0.25) is 4.79 Å². The van der Waals surface area contributed by atoms with Gasteiger partial charge in [0.1, 0.15) is 0 Å². The van der Waals surface area contributed by atoms with Crippen LogP contribution in [0, 0.1) is 11.3 Å². The van der Waals surface area contributed by atoms with Crippen molar-refractivity contribution in [3.05, 3.63) is 58.8 Å². The van der Waals surface area contributed by atoms with E-state index >= 15 is 0 Å². The van der Waals surface area contributed by atoms with E-state index in [1.54, 1.807) is 30.3 Å². The maximum atomic E-state index is 12.3. The zero-order valence-corrected chi connectivity index (χ0v) is 13.7. The average Bonchev–Trinajstić information content (AvgIpc) is 3.13. The van der Waals surface area contributed by atoms with Crippen molar-refractivity contribution in [2.24, 2.45) is 0 Å². The fourth-order valence-electron chi connectivity index (χ4n) is 1.96. The quantitative estimate of drug-likeness (QED) is 0.573. The zero-order chi connectivity index (χ0) is 17.2. The summed E-state index contributed by atoms with van der Waals surface area (Å²) in [4.78, 5) is 26.4. The Morgan fingerprint density at radius 2 is 2.00 bits per heavy atom. The van der Waals surface area contributed by atoms with E-state index in [1.807, 2.05) is 29.6 Å². The summed E-state index contributed by atoms with van der Waals surface area (Å²) in [5.74, 6) is -0.945. The Labute approximate surface area is 144 Å². The van der Waals surface area contributed by atoms with Crippen LogP contribution >= 0.6 is 11.3 Å². The van der Waals surface area contributed by atoms with Crippen molar-refractivity contribution < 1.29 is 14.3 Å². The molecule has 5 nitrogen and oxygen atoms in total. The first-order valence-corrected chi connectivity index (χ1v) is 8.19. The molecule has 0 unspecified atom stereocenters. The SMILES string of the molecule is N#CCCN(C(=O)COC(=O)/C=C/c1cccs1)c1ccccc1. The standard InChI is InChI=1S/C18H16N2O3S/c19-11-5-12-20(15-6-2-1-3-7-15)17(21)14-23-18(22)10-9-16-8-4-13-24-16/h1-4,6-10,13H,5,12,14H2/b10-9+. The second kappa shape index (κ2) is 9.28. The van der Waals surface area contributed by atoms with Crippen molar-refractivity contribution in [1.82, 2.24) is 0 Å². The highest BCUT2D eigenvalue weighted by molar-refractivity contribution is 7.10. The summed E-state index contributed by atoms with van der Waals surface area (Å²) in [7, 11) is 0. The highest BCUT2D eigenvalue weighted by Gasteiger charge is 2.16. The maximum Gasteiger partial charge on any atom is 0.331 e. The van der Waals surface area contributed by atoms with Gasteiger partial charge < -0.3 is 9.64 Å². The minimum Gasteiger partial charge on any atom is -0.452 e. The van der Waals surface area contributed by atoms with Gasteiger partial charge >= 0.3 is 5.97 Å². The van der Waals surface area contributed by atoms with Crippen LogP contribution in [0.25, 0.3) is 6.08 Å². The molecule has 2 rings (SSSR count). The molecule has 0 aliphatic heterocycles. The minimum absolute atomic E-state index is 0.201. The maximum absolute atomic E-state index is 12.3. The number of benzene rings is 1. The number of nitrogens with zero attached hydrogens (tertiary/aromatic N) is 2. The lowest BCUT2D eigenvalue weighted by atomic mass is 10.2. The molecule has 1 heterocycles. The highest BCUT2D eigenvalue weighted by atomic mass is 32.1. The van der Waals surface area contributed by atoms with E-state index in [0.717, 1.165) is 4.88 Å². The zero-order valence-electron chi connectivity index (χ0n) is 12.9. The van der Waals surface area contributed by atoms with Crippen LogP contribution < -0.4 is 4.90 Å². The number of para-hydroxylation sites is 1. The lowest BCUT2D eigenvalue weighted by Gasteiger charge is -2.21. The van der Waals surface area contributed by atoms with Gasteiger partial charge in [-0.1, -0.05) is 24.3 Å². The van der Waals surface area contributed by atoms with Gasteiger partial charge in [0, 0.05) is 23.2 Å². The van der Waals surface area contributed by atoms with Gasteiger partial charge in [-0.2, -0.15) is 5.26 Å². The van der Waals surface area contributed by atoms with Crippen molar-refractivity contribution in [3.63, 3.8) is 0 Å². The Morgan fingerprint density at radius 3 is 2.67 bits per heavy atom. The third kappa shape index (κ3) is 5.38. The van der Waals surface area contributed by atoms with E-state index in [1.165, 1.54) is 22.3 Å². The van der Waals surface area contributed by atoms with E-state index < -0.39 is 5.97 Å². The number of hydrogen-bond acceptors (Lipinski definition) is 5. The molecule has 1 aromatic carbocycles. The Hall–Kier alpha value is -2.91. The van der Waals surface area contributed by atoms with Crippen LogP contribution in [0.4, 0.5) is 5.69 Å². The topological polar surface area (TPSA) is 70.4 Å². The summed E-state index contributed by atoms with van der Waals surface area (Å²) < 4.78 is 4.99. The normalized spacial score (nSPS) is 10.3. The molecule has 0 bridgehead atoms. The second-order valence-corrected chi connectivity index (χ2v) is 5.72. The molecule has 0 radical (unpaired) electrons. The smallest absolute Gasteiger partial charge is 0.331 e. The summed E-state index contributed by atoms with van der Waals surface area (Å²) in [6.45, 7) is -0.115. The van der Waals surface area contributed by atoms with E-state index in [2.05, 4.69) is 0 Å². The molecular weight excluding hydrogens is 324 g/mol. The van der Waals surface area contributed by atoms with E-state index in [9.17, 15) is 9.59 Å². The van der Waals surface area contributed by atoms with Crippen molar-refractivity contribution in [3.8, 4) is 6.07 Å². The van der Waals surface area contributed by atoms with Crippen LogP contribution in [0.2, 0.25) is 0 Å². The Balaban J connectivity index is 1.92. The molecule has 24 heavy (non-hydrogen) atoms. The average molecular weight is 340 g/mol. The van der Waals surface area contributed by atoms with Gasteiger partial charge in [-0.25, -0.2) is 4.79 Å². The summed E-state index contributed by atoms with van der Waals surface area (Å²) in [5.41, 5.74) is 0.669. The first-order valence-electron chi connectivity index (χ1n) is 7.31. The molecule has 0 spiro atoms. The van der Waals surface area contributed by atoms with Crippen molar-refractivity contribution in [2.45, 2.75) is 6.42 Å². The number of nitriles is 1. The third-order valence-corrected chi connectivity index (χ3v) is 3.92. The van der Waals surface area contributed by atoms with Crippen LogP contribution in [0.15, 0.2) is 53.9 Å². The molecule has 2 aromatic rings. The third-order valence-electron chi connectivity index (χ3n) is 3.08. The number of thiophene rings is 1. The molecule has 122 valence electrons. The van der Waals surface area contributed by atoms with E-state index in [-0.39, 0.29) is 25.5 Å². The van der Waals surface area contributed by atoms with Crippen molar-refractivity contribution >= 4 is 35.0 Å². The number of hydrogen-bond donors (Lipinski definition) is 0. The highest BCUT2D eigenvalue weighted by Crippen LogP contribution is 2.14. The predicted molar refractivity (Wildman–Crippen MR) is 93.3 cm³/mol. The van der Waals surface area contributed by atoms with Crippen LogP contribution in [0.3, 0.4) is 0 Å². The van der Waals surface area contributed by atoms with Gasteiger partial charge in [0.2, 0.25) is 0 Å². The second-order valence-electron chi connectivity index (χ2n) is 4.75. The monoisotopic (exact) mass is 340 g/mol. The van der Waals surface area contributed by atoms with E-state index in [4.69, 9.17) is 10.00 Å². The van der Waals surface area contributed by atoms with Gasteiger partial charge in [-0.05, 0) is 29.7 Å². The Morgan fingerprint density at radius 1 is 1.21 bits per heavy atom. The summed E-state index contributed by atoms with van der Waals surface area (Å²) in [5, 5.41) is 10.6. The summed E-state index contributed by atoms with van der Waals surface area (Å²) in [6.07, 6.45) is 3.14. The molecule has 0 saturated carbocycles. The van der Waals surface area contributed by atoms with Gasteiger partial charge in [-0.15, -0.1) is 11.3 Å². The molecular formula is C18H16N2O3S. The molecule has 0 atom stereocenters. The van der Waals surface area contributed by atoms with Crippen LogP contribution in [-0.4, -0.2) is 25.0 Å². The number of amides is 1. The summed E-state index contributed by atoms with van der Waals surface area (Å²) >= 11 is 1.50. The molecule has 0 aliphatic carbocycles. The van der Waals surface area contributed by atoms with Gasteiger partial charge in [0.05, 0.1) is 12.5 Å². The number of carbonyl (C=O) groups excluding carboxylic acids is 2. The molecule has 0 saturated heterocycles. The first kappa shape index (κ1) is 17.4. The predicted octanol–water partition coefficient (Wildman–Crippen LogP) is 3.25. The molecule has 6 heteroatoms. The fourth-order valence-corrected chi connectivity index (χ4v) is 2.58. The molecule has 0 aliphatic rings. The van der Waals surface area contributed by atoms with E-state index in [0.29, 0.717) is 5.69 Å². The lowest BCUT2D eigenvalue weighted by molar-refractivity contribution is -0.142. The fraction of sp³-hybridized carbons (Fsp3) is 0.167. The molecule has 0 fully saturated rings. The number of rotatable bonds is 7. The lowest BCUT2D eigenvalue weighted by Crippen LogP contribution is -2.35. The van der Waals surface area contributed by atoms with Gasteiger partial charge in [0.15, 0.2) is 6.61 Å². The first-order chi connectivity index (χ1) is 11.7. The number of esters is 1. The number of ether oxygens (including phenoxy) is 1. The molecule has 1 aromatic heterocycles. The van der Waals surface area contributed by atoms with Crippen LogP contribution in [0.5, 0.6) is 0 Å². The van der Waals surface area contributed by atoms with Gasteiger partial charge in [0.25, 0.3) is 5.91 Å². The Kier molecular flexibility index (Phi) is 6.74. The Bertz CT molecular complexity index is 733. The number of anilines is 1. The van der Waals surface area contributed by atoms with Crippen molar-refractivity contribution in [2.75, 3.05) is 18.1 Å². The largest absolute Gasteiger partial charge is 0.452 e. The minimum atomic E-state index is -0.579.